The molecule has 0 aromatic heterocycles. The first-order valence-corrected chi connectivity index (χ1v) is 4.07. The molecule has 2 nitrogen and oxygen atoms in total. The van der Waals surface area contributed by atoms with Crippen LogP contribution < -0.4 is 0 Å². The average molecular weight is 171 g/mol. The van der Waals surface area contributed by atoms with Gasteiger partial charge in [-0.25, -0.2) is 0 Å². The van der Waals surface area contributed by atoms with Gasteiger partial charge >= 0.3 is 0 Å². The normalized spacial score (nSPS) is 26.9. The molecule has 0 radical (unpaired) electrons. The van der Waals surface area contributed by atoms with E-state index in [1.54, 1.807) is 7.11 Å². The smallest absolute Gasteiger partial charge is 0.0736 e. The van der Waals surface area contributed by atoms with E-state index in [4.69, 9.17) is 4.74 Å². The van der Waals surface area contributed by atoms with Gasteiger partial charge in [0.25, 0.3) is 0 Å². The standard InChI is InChI=1S/C9H17NO.CH4/c1-7-5-6-10(3)9(7)8(2)11-4;/h8-9H,1,5-6H2,2-4H3;1H4. The summed E-state index contributed by atoms with van der Waals surface area (Å²) in [5.41, 5.74) is 1.31. The van der Waals surface area contributed by atoms with E-state index < -0.39 is 0 Å². The van der Waals surface area contributed by atoms with Gasteiger partial charge in [-0.05, 0) is 20.4 Å². The molecule has 0 saturated carbocycles. The lowest BCUT2D eigenvalue weighted by atomic mass is 10.1. The maximum Gasteiger partial charge on any atom is 0.0736 e. The molecular formula is C10H21NO. The Labute approximate surface area is 76.2 Å². The highest BCUT2D eigenvalue weighted by atomic mass is 16.5. The van der Waals surface area contributed by atoms with Crippen LogP contribution in [0.4, 0.5) is 0 Å². The molecule has 12 heavy (non-hydrogen) atoms. The van der Waals surface area contributed by atoms with Crippen molar-refractivity contribution in [2.75, 3.05) is 20.7 Å². The second-order valence-electron chi connectivity index (χ2n) is 3.27. The van der Waals surface area contributed by atoms with Gasteiger partial charge in [0.2, 0.25) is 0 Å². The van der Waals surface area contributed by atoms with Gasteiger partial charge in [0.1, 0.15) is 0 Å². The van der Waals surface area contributed by atoms with Gasteiger partial charge in [0, 0.05) is 13.7 Å². The first kappa shape index (κ1) is 11.7. The van der Waals surface area contributed by atoms with Crippen molar-refractivity contribution < 1.29 is 4.74 Å². The Morgan fingerprint density at radius 3 is 2.58 bits per heavy atom. The van der Waals surface area contributed by atoms with Crippen LogP contribution in [-0.4, -0.2) is 37.7 Å². The van der Waals surface area contributed by atoms with Crippen LogP contribution >= 0.6 is 0 Å². The SMILES string of the molecule is C.C=C1CCN(C)C1C(C)OC. The first-order chi connectivity index (χ1) is 5.16. The number of methoxy groups -OCH3 is 1. The monoisotopic (exact) mass is 171 g/mol. The quantitative estimate of drug-likeness (QED) is 0.588. The van der Waals surface area contributed by atoms with Crippen molar-refractivity contribution in [1.82, 2.24) is 4.90 Å². The summed E-state index contributed by atoms with van der Waals surface area (Å²) in [4.78, 5) is 2.30. The molecule has 0 N–H and O–H groups in total. The van der Waals surface area contributed by atoms with Crippen LogP contribution in [0, 0.1) is 0 Å². The van der Waals surface area contributed by atoms with Crippen LogP contribution in [0.1, 0.15) is 20.8 Å². The molecule has 1 heterocycles. The predicted octanol–water partition coefficient (Wildman–Crippen LogP) is 1.92. The minimum atomic E-state index is 0. The topological polar surface area (TPSA) is 12.5 Å². The number of nitrogens with zero attached hydrogens (tertiary/aromatic N) is 1. The molecule has 1 fully saturated rings. The van der Waals surface area contributed by atoms with Crippen LogP contribution in [0.2, 0.25) is 0 Å². The Balaban J connectivity index is 0.00000121. The minimum Gasteiger partial charge on any atom is -0.380 e. The molecule has 0 bridgehead atoms. The molecule has 1 rings (SSSR count). The van der Waals surface area contributed by atoms with Crippen molar-refractivity contribution >= 4 is 0 Å². The third kappa shape index (κ3) is 2.08. The molecule has 1 aliphatic heterocycles. The van der Waals surface area contributed by atoms with E-state index in [0.717, 1.165) is 13.0 Å². The van der Waals surface area contributed by atoms with Gasteiger partial charge in [-0.3, -0.25) is 4.90 Å². The van der Waals surface area contributed by atoms with Crippen LogP contribution in [0.5, 0.6) is 0 Å². The average Bonchev–Trinajstić information content (AvgIpc) is 2.30. The number of likely N-dealkylation sites (tertiary alicyclic amines) is 1. The highest BCUT2D eigenvalue weighted by Gasteiger charge is 2.29. The van der Waals surface area contributed by atoms with Gasteiger partial charge < -0.3 is 4.74 Å². The van der Waals surface area contributed by atoms with Gasteiger partial charge in [0.05, 0.1) is 12.1 Å². The van der Waals surface area contributed by atoms with Crippen molar-refractivity contribution in [3.05, 3.63) is 12.2 Å². The lowest BCUT2D eigenvalue weighted by molar-refractivity contribution is 0.0646. The fraction of sp³-hybridized carbons (Fsp3) is 0.800. The summed E-state index contributed by atoms with van der Waals surface area (Å²) < 4.78 is 5.27. The lowest BCUT2D eigenvalue weighted by Gasteiger charge is -2.25. The van der Waals surface area contributed by atoms with Gasteiger partial charge in [-0.15, -0.1) is 0 Å². The molecule has 2 heteroatoms. The number of hydrogen-bond acceptors (Lipinski definition) is 2. The Hall–Kier alpha value is -0.340. The fourth-order valence-electron chi connectivity index (χ4n) is 1.74. The summed E-state index contributed by atoms with van der Waals surface area (Å²) in [6.45, 7) is 7.25. The summed E-state index contributed by atoms with van der Waals surface area (Å²) in [5, 5.41) is 0. The summed E-state index contributed by atoms with van der Waals surface area (Å²) in [6.07, 6.45) is 1.39. The first-order valence-electron chi connectivity index (χ1n) is 4.07. The van der Waals surface area contributed by atoms with Crippen LogP contribution in [0.25, 0.3) is 0 Å². The van der Waals surface area contributed by atoms with Crippen LogP contribution in [0.3, 0.4) is 0 Å². The van der Waals surface area contributed by atoms with Gasteiger partial charge in [-0.2, -0.15) is 0 Å². The van der Waals surface area contributed by atoms with Crippen molar-refractivity contribution in [3.8, 4) is 0 Å². The maximum absolute atomic E-state index is 5.27. The molecule has 1 saturated heterocycles. The number of likely N-dealkylation sites (N-methyl/N-ethyl adjacent to an activating group) is 1. The third-order valence-electron chi connectivity index (χ3n) is 2.50. The van der Waals surface area contributed by atoms with Crippen molar-refractivity contribution in [3.63, 3.8) is 0 Å². The summed E-state index contributed by atoms with van der Waals surface area (Å²) in [5.74, 6) is 0. The second-order valence-corrected chi connectivity index (χ2v) is 3.27. The lowest BCUT2D eigenvalue weighted by Crippen LogP contribution is -2.36. The molecule has 72 valence electrons. The highest BCUT2D eigenvalue weighted by Crippen LogP contribution is 2.23. The Morgan fingerprint density at radius 2 is 2.25 bits per heavy atom. The zero-order chi connectivity index (χ0) is 8.43. The molecule has 0 aliphatic carbocycles. The Morgan fingerprint density at radius 1 is 1.67 bits per heavy atom. The van der Waals surface area contributed by atoms with E-state index in [2.05, 4.69) is 25.5 Å². The van der Waals surface area contributed by atoms with Crippen molar-refractivity contribution in [2.24, 2.45) is 0 Å². The third-order valence-corrected chi connectivity index (χ3v) is 2.50. The van der Waals surface area contributed by atoms with E-state index in [0.29, 0.717) is 6.04 Å². The van der Waals surface area contributed by atoms with Crippen LogP contribution in [-0.2, 0) is 4.74 Å². The number of ether oxygens (including phenoxy) is 1. The minimum absolute atomic E-state index is 0. The molecule has 2 atom stereocenters. The molecule has 0 aromatic rings. The van der Waals surface area contributed by atoms with E-state index in [1.807, 2.05) is 0 Å². The highest BCUT2D eigenvalue weighted by molar-refractivity contribution is 5.13. The summed E-state index contributed by atoms with van der Waals surface area (Å²) >= 11 is 0. The summed E-state index contributed by atoms with van der Waals surface area (Å²) in [7, 11) is 3.88. The largest absolute Gasteiger partial charge is 0.380 e. The van der Waals surface area contributed by atoms with Gasteiger partial charge in [0.15, 0.2) is 0 Å². The second kappa shape index (κ2) is 4.63. The zero-order valence-corrected chi connectivity index (χ0v) is 7.63. The molecule has 0 aromatic carbocycles. The van der Waals surface area contributed by atoms with E-state index >= 15 is 0 Å². The zero-order valence-electron chi connectivity index (χ0n) is 7.63. The van der Waals surface area contributed by atoms with E-state index in [1.165, 1.54) is 5.57 Å². The van der Waals surface area contributed by atoms with Gasteiger partial charge in [-0.1, -0.05) is 19.6 Å². The fourth-order valence-corrected chi connectivity index (χ4v) is 1.74. The number of hydrogen-bond donors (Lipinski definition) is 0. The van der Waals surface area contributed by atoms with E-state index in [-0.39, 0.29) is 13.5 Å². The molecular weight excluding hydrogens is 150 g/mol. The number of rotatable bonds is 2. The maximum atomic E-state index is 5.27. The molecule has 0 amide bonds. The predicted molar refractivity (Wildman–Crippen MR) is 53.4 cm³/mol. The van der Waals surface area contributed by atoms with Crippen molar-refractivity contribution in [2.45, 2.75) is 32.9 Å². The van der Waals surface area contributed by atoms with Crippen LogP contribution in [0.15, 0.2) is 12.2 Å². The Kier molecular flexibility index (Phi) is 4.50. The molecule has 1 aliphatic rings. The molecule has 2 unspecified atom stereocenters. The Bertz CT molecular complexity index is 156. The molecule has 0 spiro atoms. The summed E-state index contributed by atoms with van der Waals surface area (Å²) in [6, 6.07) is 0.431. The van der Waals surface area contributed by atoms with Crippen molar-refractivity contribution in [1.29, 1.82) is 0 Å². The van der Waals surface area contributed by atoms with E-state index in [9.17, 15) is 0 Å².